The molecular formula is C7H10F6O4S. The van der Waals surface area contributed by atoms with E-state index in [1.165, 1.54) is 6.92 Å². The third-order valence-electron chi connectivity index (χ3n) is 1.87. The molecular weight excluding hydrogens is 294 g/mol. The minimum Gasteiger partial charge on any atom is -0.264 e. The maximum absolute atomic E-state index is 13.1. The predicted octanol–water partition coefficient (Wildman–Crippen LogP) is 2.51. The van der Waals surface area contributed by atoms with Crippen LogP contribution in [-0.4, -0.2) is 37.3 Å². The number of halogens is 6. The second-order valence-electron chi connectivity index (χ2n) is 3.37. The van der Waals surface area contributed by atoms with Crippen LogP contribution in [-0.2, 0) is 14.6 Å². The van der Waals surface area contributed by atoms with Crippen LogP contribution in [0.4, 0.5) is 26.3 Å². The van der Waals surface area contributed by atoms with Crippen LogP contribution in [0.5, 0.6) is 0 Å². The molecule has 2 atom stereocenters. The second kappa shape index (κ2) is 5.61. The van der Waals surface area contributed by atoms with E-state index in [2.05, 4.69) is 4.18 Å². The molecule has 0 aromatic heterocycles. The van der Waals surface area contributed by atoms with Gasteiger partial charge in [-0.05, 0) is 6.42 Å². The fourth-order valence-electron chi connectivity index (χ4n) is 1.07. The highest BCUT2D eigenvalue weighted by Gasteiger charge is 2.65. The molecule has 0 aromatic carbocycles. The highest BCUT2D eigenvalue weighted by atomic mass is 32.3. The molecule has 11 heteroatoms. The Bertz CT molecular complexity index is 365. The van der Waals surface area contributed by atoms with Gasteiger partial charge >= 0.3 is 22.5 Å². The van der Waals surface area contributed by atoms with Crippen LogP contribution in [0, 0.1) is 0 Å². The largest absolute Gasteiger partial charge is 0.456 e. The van der Waals surface area contributed by atoms with Crippen LogP contribution in [0.15, 0.2) is 0 Å². The van der Waals surface area contributed by atoms with E-state index in [0.717, 1.165) is 0 Å². The molecule has 0 aliphatic carbocycles. The lowest BCUT2D eigenvalue weighted by atomic mass is 10.0. The Morgan fingerprint density at radius 3 is 1.94 bits per heavy atom. The van der Waals surface area contributed by atoms with Gasteiger partial charge in [-0.3, -0.25) is 4.55 Å². The SMILES string of the molecule is CCCC(OS(=O)(=O)O)C(F)C(F)(F)C(F)(F)F. The number of hydrogen-bond donors (Lipinski definition) is 1. The maximum atomic E-state index is 13.1. The Labute approximate surface area is 98.9 Å². The highest BCUT2D eigenvalue weighted by molar-refractivity contribution is 7.80. The van der Waals surface area contributed by atoms with E-state index >= 15 is 0 Å². The molecule has 1 N–H and O–H groups in total. The average molecular weight is 304 g/mol. The zero-order valence-corrected chi connectivity index (χ0v) is 9.73. The summed E-state index contributed by atoms with van der Waals surface area (Å²) >= 11 is 0. The first-order valence-electron chi connectivity index (χ1n) is 4.57. The van der Waals surface area contributed by atoms with Gasteiger partial charge in [0, 0.05) is 0 Å². The van der Waals surface area contributed by atoms with Crippen molar-refractivity contribution in [3.8, 4) is 0 Å². The van der Waals surface area contributed by atoms with Crippen molar-refractivity contribution < 1.29 is 43.5 Å². The lowest BCUT2D eigenvalue weighted by Gasteiger charge is -2.27. The summed E-state index contributed by atoms with van der Waals surface area (Å²) in [4.78, 5) is 0. The van der Waals surface area contributed by atoms with Gasteiger partial charge in [-0.25, -0.2) is 8.57 Å². The Morgan fingerprint density at radius 2 is 1.67 bits per heavy atom. The van der Waals surface area contributed by atoms with Crippen molar-refractivity contribution in [2.24, 2.45) is 0 Å². The quantitative estimate of drug-likeness (QED) is 0.605. The molecule has 0 amide bonds. The van der Waals surface area contributed by atoms with Gasteiger partial charge in [0.2, 0.25) is 6.17 Å². The van der Waals surface area contributed by atoms with E-state index in [1.54, 1.807) is 0 Å². The first-order valence-corrected chi connectivity index (χ1v) is 5.93. The van der Waals surface area contributed by atoms with E-state index in [-0.39, 0.29) is 6.42 Å². The molecule has 0 fully saturated rings. The zero-order valence-electron chi connectivity index (χ0n) is 8.92. The van der Waals surface area contributed by atoms with Gasteiger partial charge in [-0.15, -0.1) is 0 Å². The number of rotatable bonds is 6. The van der Waals surface area contributed by atoms with E-state index in [1.807, 2.05) is 0 Å². The minimum absolute atomic E-state index is 0.130. The summed E-state index contributed by atoms with van der Waals surface area (Å²) in [5, 5.41) is 0. The lowest BCUT2D eigenvalue weighted by Crippen LogP contribution is -2.51. The van der Waals surface area contributed by atoms with Crippen molar-refractivity contribution in [1.82, 2.24) is 0 Å². The molecule has 4 nitrogen and oxygen atoms in total. The van der Waals surface area contributed by atoms with Gasteiger partial charge in [0.1, 0.15) is 6.10 Å². The Hall–Kier alpha value is -0.550. The maximum Gasteiger partial charge on any atom is 0.456 e. The van der Waals surface area contributed by atoms with Crippen molar-refractivity contribution in [1.29, 1.82) is 0 Å². The molecule has 110 valence electrons. The summed E-state index contributed by atoms with van der Waals surface area (Å²) < 4.78 is 106. The first kappa shape index (κ1) is 17.4. The average Bonchev–Trinajstić information content (AvgIpc) is 2.12. The fraction of sp³-hybridized carbons (Fsp3) is 1.00. The van der Waals surface area contributed by atoms with Crippen molar-refractivity contribution in [3.05, 3.63) is 0 Å². The van der Waals surface area contributed by atoms with Gasteiger partial charge < -0.3 is 0 Å². The van der Waals surface area contributed by atoms with Crippen molar-refractivity contribution >= 4 is 10.4 Å². The smallest absolute Gasteiger partial charge is 0.264 e. The monoisotopic (exact) mass is 304 g/mol. The molecule has 0 aliphatic heterocycles. The van der Waals surface area contributed by atoms with Crippen LogP contribution >= 0.6 is 0 Å². The van der Waals surface area contributed by atoms with E-state index < -0.39 is 41.2 Å². The molecule has 0 saturated heterocycles. The van der Waals surface area contributed by atoms with Crippen molar-refractivity contribution in [3.63, 3.8) is 0 Å². The summed E-state index contributed by atoms with van der Waals surface area (Å²) in [6.45, 7) is 1.28. The summed E-state index contributed by atoms with van der Waals surface area (Å²) in [6, 6.07) is 0. The van der Waals surface area contributed by atoms with Gasteiger partial charge in [-0.1, -0.05) is 13.3 Å². The molecule has 0 aromatic rings. The molecule has 0 aliphatic rings. The van der Waals surface area contributed by atoms with Crippen molar-refractivity contribution in [2.75, 3.05) is 0 Å². The van der Waals surface area contributed by atoms with Gasteiger partial charge in [-0.2, -0.15) is 30.4 Å². The Kier molecular flexibility index (Phi) is 5.44. The Balaban J connectivity index is 5.14. The normalized spacial score (nSPS) is 17.6. The van der Waals surface area contributed by atoms with Crippen LogP contribution in [0.3, 0.4) is 0 Å². The lowest BCUT2D eigenvalue weighted by molar-refractivity contribution is -0.311. The van der Waals surface area contributed by atoms with Crippen LogP contribution < -0.4 is 0 Å². The predicted molar refractivity (Wildman–Crippen MR) is 47.2 cm³/mol. The van der Waals surface area contributed by atoms with Crippen molar-refractivity contribution in [2.45, 2.75) is 44.1 Å². The molecule has 0 spiro atoms. The molecule has 2 unspecified atom stereocenters. The van der Waals surface area contributed by atoms with Crippen LogP contribution in [0.2, 0.25) is 0 Å². The standard InChI is InChI=1S/C7H10F6O4S/c1-2-3-4(17-18(14,15)16)5(8)6(9,10)7(11,12)13/h4-5H,2-3H2,1H3,(H,14,15,16). The highest BCUT2D eigenvalue weighted by Crippen LogP contribution is 2.41. The number of hydrogen-bond acceptors (Lipinski definition) is 3. The molecule has 0 rings (SSSR count). The topological polar surface area (TPSA) is 63.6 Å². The first-order chi connectivity index (χ1) is 7.83. The third-order valence-corrected chi connectivity index (χ3v) is 2.36. The zero-order chi connectivity index (χ0) is 14.8. The third kappa shape index (κ3) is 4.61. The van der Waals surface area contributed by atoms with Gasteiger partial charge in [0.05, 0.1) is 0 Å². The van der Waals surface area contributed by atoms with Gasteiger partial charge in [0.15, 0.2) is 0 Å². The molecule has 0 bridgehead atoms. The fourth-order valence-corrected chi connectivity index (χ4v) is 1.58. The van der Waals surface area contributed by atoms with Gasteiger partial charge in [0.25, 0.3) is 0 Å². The van der Waals surface area contributed by atoms with Crippen LogP contribution in [0.1, 0.15) is 19.8 Å². The second-order valence-corrected chi connectivity index (χ2v) is 4.42. The number of alkyl halides is 6. The van der Waals surface area contributed by atoms with E-state index in [9.17, 15) is 34.8 Å². The minimum atomic E-state index is -6.19. The summed E-state index contributed by atoms with van der Waals surface area (Å²) in [5.41, 5.74) is 0. The molecule has 0 saturated carbocycles. The van der Waals surface area contributed by atoms with Crippen LogP contribution in [0.25, 0.3) is 0 Å². The molecule has 0 heterocycles. The van der Waals surface area contributed by atoms with E-state index in [4.69, 9.17) is 4.55 Å². The summed E-state index contributed by atoms with van der Waals surface area (Å²) in [5.74, 6) is -5.78. The molecule has 0 radical (unpaired) electrons. The summed E-state index contributed by atoms with van der Waals surface area (Å²) in [6.07, 6.45) is -13.6. The Morgan fingerprint density at radius 1 is 1.22 bits per heavy atom. The summed E-state index contributed by atoms with van der Waals surface area (Å²) in [7, 11) is -5.34. The molecule has 18 heavy (non-hydrogen) atoms. The van der Waals surface area contributed by atoms with E-state index in [0.29, 0.717) is 0 Å².